The van der Waals surface area contributed by atoms with Crippen molar-refractivity contribution in [2.24, 2.45) is 5.92 Å². The van der Waals surface area contributed by atoms with E-state index < -0.39 is 22.8 Å². The third-order valence-electron chi connectivity index (χ3n) is 8.98. The SMILES string of the molecule is CC(F)(c1ccc2c(c1)CC[C@H]1N(C(=O)C3CCC(O)CC3)CC[C@@]21Cc1ccc(F)cc1)C(F)(F)F. The molecule has 37 heavy (non-hydrogen) atoms. The quantitative estimate of drug-likeness (QED) is 0.491. The van der Waals surface area contributed by atoms with Crippen LogP contribution in [0.4, 0.5) is 22.0 Å². The molecule has 3 nitrogen and oxygen atoms in total. The summed E-state index contributed by atoms with van der Waals surface area (Å²) in [6, 6.07) is 10.2. The third kappa shape index (κ3) is 4.55. The van der Waals surface area contributed by atoms with Gasteiger partial charge in [0.2, 0.25) is 11.6 Å². The van der Waals surface area contributed by atoms with Crippen molar-refractivity contribution < 1.29 is 31.9 Å². The normalized spacial score (nSPS) is 29.4. The maximum Gasteiger partial charge on any atom is 0.426 e. The Morgan fingerprint density at radius 2 is 1.70 bits per heavy atom. The molecule has 1 heterocycles. The fourth-order valence-corrected chi connectivity index (χ4v) is 6.81. The Hall–Kier alpha value is -2.48. The first-order chi connectivity index (χ1) is 17.4. The summed E-state index contributed by atoms with van der Waals surface area (Å²) >= 11 is 0. The number of aryl methyl sites for hydroxylation is 1. The molecule has 1 saturated carbocycles. The maximum absolute atomic E-state index is 14.8. The van der Waals surface area contributed by atoms with Gasteiger partial charge in [0.1, 0.15) is 5.82 Å². The van der Waals surface area contributed by atoms with Crippen LogP contribution >= 0.6 is 0 Å². The number of carbonyl (C=O) groups is 1. The number of carbonyl (C=O) groups excluding carboxylic acids is 1. The molecule has 5 rings (SSSR count). The smallest absolute Gasteiger partial charge is 0.393 e. The summed E-state index contributed by atoms with van der Waals surface area (Å²) < 4.78 is 68.8. The highest BCUT2D eigenvalue weighted by atomic mass is 19.4. The van der Waals surface area contributed by atoms with Gasteiger partial charge in [-0.25, -0.2) is 8.78 Å². The zero-order chi connectivity index (χ0) is 26.6. The summed E-state index contributed by atoms with van der Waals surface area (Å²) in [6.45, 7) is 1.07. The van der Waals surface area contributed by atoms with Crippen molar-refractivity contribution in [3.05, 3.63) is 70.5 Å². The topological polar surface area (TPSA) is 40.5 Å². The number of halogens is 5. The number of hydrogen-bond acceptors (Lipinski definition) is 2. The molecule has 0 spiro atoms. The highest BCUT2D eigenvalue weighted by Crippen LogP contribution is 2.51. The number of rotatable bonds is 4. The molecule has 8 heteroatoms. The zero-order valence-electron chi connectivity index (χ0n) is 20.8. The largest absolute Gasteiger partial charge is 0.426 e. The van der Waals surface area contributed by atoms with Crippen LogP contribution in [0.5, 0.6) is 0 Å². The molecule has 2 fully saturated rings. The molecule has 1 saturated heterocycles. The lowest BCUT2D eigenvalue weighted by Crippen LogP contribution is -2.51. The highest BCUT2D eigenvalue weighted by molar-refractivity contribution is 5.80. The minimum Gasteiger partial charge on any atom is -0.393 e. The molecule has 2 aromatic rings. The molecule has 0 radical (unpaired) electrons. The van der Waals surface area contributed by atoms with Crippen LogP contribution in [0.2, 0.25) is 0 Å². The Kier molecular flexibility index (Phi) is 6.62. The van der Waals surface area contributed by atoms with E-state index in [1.165, 1.54) is 24.3 Å². The lowest BCUT2D eigenvalue weighted by atomic mass is 9.63. The van der Waals surface area contributed by atoms with Gasteiger partial charge in [-0.15, -0.1) is 0 Å². The number of amides is 1. The van der Waals surface area contributed by atoms with E-state index in [0.29, 0.717) is 70.4 Å². The molecule has 1 N–H and O–H groups in total. The van der Waals surface area contributed by atoms with Gasteiger partial charge in [-0.05, 0) is 92.7 Å². The first-order valence-electron chi connectivity index (χ1n) is 13.0. The monoisotopic (exact) mass is 521 g/mol. The summed E-state index contributed by atoms with van der Waals surface area (Å²) in [4.78, 5) is 15.6. The van der Waals surface area contributed by atoms with Crippen molar-refractivity contribution in [3.8, 4) is 0 Å². The number of benzene rings is 2. The number of alkyl halides is 4. The fraction of sp³-hybridized carbons (Fsp3) is 0.552. The molecular formula is C29H32F5NO2. The molecule has 200 valence electrons. The minimum atomic E-state index is -5.03. The van der Waals surface area contributed by atoms with Gasteiger partial charge in [0.25, 0.3) is 0 Å². The Morgan fingerprint density at radius 1 is 1.03 bits per heavy atom. The average Bonchev–Trinajstić information content (AvgIpc) is 3.24. The molecule has 1 amide bonds. The number of hydrogen-bond donors (Lipinski definition) is 1. The van der Waals surface area contributed by atoms with Crippen molar-refractivity contribution in [2.45, 2.75) is 87.7 Å². The van der Waals surface area contributed by atoms with Gasteiger partial charge in [-0.1, -0.05) is 30.3 Å². The summed E-state index contributed by atoms with van der Waals surface area (Å²) in [5.74, 6) is -0.428. The molecule has 2 aliphatic carbocycles. The van der Waals surface area contributed by atoms with Crippen LogP contribution in [0, 0.1) is 11.7 Å². The van der Waals surface area contributed by atoms with E-state index in [4.69, 9.17) is 0 Å². The van der Waals surface area contributed by atoms with Gasteiger partial charge in [0, 0.05) is 23.9 Å². The van der Waals surface area contributed by atoms with Crippen molar-refractivity contribution in [3.63, 3.8) is 0 Å². The van der Waals surface area contributed by atoms with Crippen LogP contribution < -0.4 is 0 Å². The van der Waals surface area contributed by atoms with E-state index in [1.54, 1.807) is 18.2 Å². The maximum atomic E-state index is 14.8. The molecule has 0 bridgehead atoms. The van der Waals surface area contributed by atoms with Crippen molar-refractivity contribution >= 4 is 5.91 Å². The molecule has 3 atom stereocenters. The summed E-state index contributed by atoms with van der Waals surface area (Å²) in [5.41, 5.74) is -2.03. The first kappa shape index (κ1) is 26.1. The minimum absolute atomic E-state index is 0.0753. The molecule has 1 unspecified atom stereocenters. The predicted octanol–water partition coefficient (Wildman–Crippen LogP) is 6.15. The Labute approximate surface area is 213 Å². The number of aliphatic hydroxyl groups is 1. The van der Waals surface area contributed by atoms with Crippen LogP contribution in [0.1, 0.15) is 67.7 Å². The molecule has 3 aliphatic rings. The molecule has 2 aromatic carbocycles. The average molecular weight is 522 g/mol. The second kappa shape index (κ2) is 9.37. The summed E-state index contributed by atoms with van der Waals surface area (Å²) in [6.07, 6.45) is -0.791. The summed E-state index contributed by atoms with van der Waals surface area (Å²) in [5, 5.41) is 9.88. The van der Waals surface area contributed by atoms with E-state index in [-0.39, 0.29) is 29.8 Å². The standard InChI is InChI=1S/C29H32F5NO2/c1-27(31,29(32,33)34)21-7-12-24-20(16-21)6-13-25-28(24,17-18-2-8-22(30)9-3-18)14-15-35(25)26(37)19-4-10-23(36)11-5-19/h2-3,7-9,12,16,19,23,25,36H,4-6,10-11,13-15,17H2,1H3/t19?,23?,25-,27?,28-/m1/s1. The van der Waals surface area contributed by atoms with Gasteiger partial charge in [-0.2, -0.15) is 13.2 Å². The van der Waals surface area contributed by atoms with Crippen LogP contribution in [0.15, 0.2) is 42.5 Å². The molecular weight excluding hydrogens is 489 g/mol. The van der Waals surface area contributed by atoms with Gasteiger partial charge < -0.3 is 10.0 Å². The van der Waals surface area contributed by atoms with E-state index >= 15 is 0 Å². The zero-order valence-corrected chi connectivity index (χ0v) is 20.8. The number of fused-ring (bicyclic) bond motifs is 3. The number of aliphatic hydroxyl groups excluding tert-OH is 1. The van der Waals surface area contributed by atoms with Crippen molar-refractivity contribution in [1.82, 2.24) is 4.90 Å². The molecule has 1 aliphatic heterocycles. The second-order valence-electron chi connectivity index (χ2n) is 11.2. The van der Waals surface area contributed by atoms with Gasteiger partial charge >= 0.3 is 6.18 Å². The second-order valence-corrected chi connectivity index (χ2v) is 11.2. The third-order valence-corrected chi connectivity index (χ3v) is 8.98. The fourth-order valence-electron chi connectivity index (χ4n) is 6.81. The van der Waals surface area contributed by atoms with Gasteiger partial charge in [-0.3, -0.25) is 4.79 Å². The van der Waals surface area contributed by atoms with E-state index in [9.17, 15) is 31.9 Å². The lowest BCUT2D eigenvalue weighted by molar-refractivity contribution is -0.228. The number of likely N-dealkylation sites (tertiary alicyclic amines) is 1. The number of nitrogens with zero attached hydrogens (tertiary/aromatic N) is 1. The van der Waals surface area contributed by atoms with Gasteiger partial charge in [0.05, 0.1) is 6.10 Å². The first-order valence-corrected chi connectivity index (χ1v) is 13.0. The van der Waals surface area contributed by atoms with Crippen molar-refractivity contribution in [1.29, 1.82) is 0 Å². The Morgan fingerprint density at radius 3 is 2.35 bits per heavy atom. The predicted molar refractivity (Wildman–Crippen MR) is 129 cm³/mol. The lowest BCUT2D eigenvalue weighted by Gasteiger charge is -2.45. The summed E-state index contributed by atoms with van der Waals surface area (Å²) in [7, 11) is 0. The highest BCUT2D eigenvalue weighted by Gasteiger charge is 2.56. The molecule has 0 aromatic heterocycles. The van der Waals surface area contributed by atoms with Crippen molar-refractivity contribution in [2.75, 3.05) is 6.54 Å². The van der Waals surface area contributed by atoms with E-state index in [0.717, 1.165) is 11.1 Å². The Bertz CT molecular complexity index is 1150. The van der Waals surface area contributed by atoms with Crippen LogP contribution in [0.3, 0.4) is 0 Å². The van der Waals surface area contributed by atoms with Crippen LogP contribution in [-0.2, 0) is 28.7 Å². The van der Waals surface area contributed by atoms with E-state index in [2.05, 4.69) is 0 Å². The van der Waals surface area contributed by atoms with Crippen LogP contribution in [0.25, 0.3) is 0 Å². The Balaban J connectivity index is 1.53. The van der Waals surface area contributed by atoms with Gasteiger partial charge in [0.15, 0.2) is 0 Å². The van der Waals surface area contributed by atoms with E-state index in [1.807, 2.05) is 4.90 Å². The van der Waals surface area contributed by atoms with Crippen LogP contribution in [-0.4, -0.2) is 40.8 Å².